The van der Waals surface area contributed by atoms with E-state index in [9.17, 15) is 0 Å². The lowest BCUT2D eigenvalue weighted by molar-refractivity contribution is 0.415. The average Bonchev–Trinajstić information content (AvgIpc) is 2.97. The molecule has 0 saturated heterocycles. The Morgan fingerprint density at radius 2 is 1.82 bits per heavy atom. The lowest BCUT2D eigenvalue weighted by Crippen LogP contribution is -2.03. The van der Waals surface area contributed by atoms with Crippen LogP contribution in [0.3, 0.4) is 0 Å². The number of anilines is 1. The summed E-state index contributed by atoms with van der Waals surface area (Å²) in [7, 11) is 1.57. The summed E-state index contributed by atoms with van der Waals surface area (Å²) in [6.07, 6.45) is 2.92. The molecule has 0 saturated carbocycles. The molecule has 4 nitrogen and oxygen atoms in total. The zero-order chi connectivity index (χ0) is 16.3. The predicted molar refractivity (Wildman–Crippen MR) is 91.8 cm³/mol. The van der Waals surface area contributed by atoms with Crippen molar-refractivity contribution in [1.29, 1.82) is 0 Å². The molecular weight excluding hydrogens is 321 g/mol. The van der Waals surface area contributed by atoms with Crippen LogP contribution in [0.25, 0.3) is 11.3 Å². The van der Waals surface area contributed by atoms with E-state index in [2.05, 4.69) is 9.97 Å². The molecule has 3 rings (SSSR count). The zero-order valence-electron chi connectivity index (χ0n) is 12.9. The summed E-state index contributed by atoms with van der Waals surface area (Å²) in [5, 5.41) is 1.00. The second kappa shape index (κ2) is 7.16. The number of benzene rings is 1. The van der Waals surface area contributed by atoms with Crippen LogP contribution in [-0.4, -0.2) is 17.1 Å². The van der Waals surface area contributed by atoms with Gasteiger partial charge in [0.05, 0.1) is 22.8 Å². The second-order valence-electron chi connectivity index (χ2n) is 4.68. The van der Waals surface area contributed by atoms with Crippen molar-refractivity contribution in [3.63, 3.8) is 0 Å². The minimum absolute atomic E-state index is 0.269. The van der Waals surface area contributed by atoms with E-state index >= 15 is 0 Å². The van der Waals surface area contributed by atoms with E-state index in [1.165, 1.54) is 0 Å². The number of hydrogen-bond donors (Lipinski definition) is 1. The Hall–Kier alpha value is -1.52. The minimum atomic E-state index is 0.269. The monoisotopic (exact) mass is 339 g/mol. The molecule has 2 aromatic rings. The summed E-state index contributed by atoms with van der Waals surface area (Å²) >= 11 is 12.4. The van der Waals surface area contributed by atoms with Crippen molar-refractivity contribution in [2.24, 2.45) is 0 Å². The van der Waals surface area contributed by atoms with Gasteiger partial charge >= 0.3 is 0 Å². The highest BCUT2D eigenvalue weighted by molar-refractivity contribution is 6.37. The number of aromatic nitrogens is 2. The van der Waals surface area contributed by atoms with Crippen LogP contribution in [0.5, 0.6) is 5.75 Å². The number of nitrogen functional groups attached to an aromatic ring is 1. The van der Waals surface area contributed by atoms with Crippen LogP contribution in [0.4, 0.5) is 5.95 Å². The molecule has 0 amide bonds. The summed E-state index contributed by atoms with van der Waals surface area (Å²) in [5.74, 6) is 0.834. The maximum absolute atomic E-state index is 6.31. The third kappa shape index (κ3) is 3.13. The Morgan fingerprint density at radius 3 is 2.50 bits per heavy atom. The van der Waals surface area contributed by atoms with E-state index in [1.807, 2.05) is 13.8 Å². The normalized spacial score (nSPS) is 12.4. The molecule has 0 bridgehead atoms. The van der Waals surface area contributed by atoms with Crippen molar-refractivity contribution in [3.8, 4) is 17.0 Å². The molecule has 2 N–H and O–H groups in total. The lowest BCUT2D eigenvalue weighted by atomic mass is 10.0. The Balaban J connectivity index is 0.000000847. The van der Waals surface area contributed by atoms with Gasteiger partial charge in [0, 0.05) is 16.8 Å². The van der Waals surface area contributed by atoms with Crippen LogP contribution in [0.1, 0.15) is 31.5 Å². The van der Waals surface area contributed by atoms with Gasteiger partial charge in [-0.15, -0.1) is 0 Å². The average molecular weight is 340 g/mol. The molecule has 0 aliphatic heterocycles. The van der Waals surface area contributed by atoms with Crippen molar-refractivity contribution in [2.45, 2.75) is 33.1 Å². The molecule has 118 valence electrons. The fourth-order valence-electron chi connectivity index (χ4n) is 2.54. The van der Waals surface area contributed by atoms with E-state index in [0.717, 1.165) is 41.8 Å². The molecule has 1 aliphatic rings. The molecule has 1 aromatic carbocycles. The van der Waals surface area contributed by atoms with E-state index in [0.29, 0.717) is 15.8 Å². The van der Waals surface area contributed by atoms with Gasteiger partial charge in [-0.25, -0.2) is 9.97 Å². The quantitative estimate of drug-likeness (QED) is 0.871. The Morgan fingerprint density at radius 1 is 1.09 bits per heavy atom. The number of methoxy groups -OCH3 is 1. The molecule has 1 heterocycles. The zero-order valence-corrected chi connectivity index (χ0v) is 14.4. The van der Waals surface area contributed by atoms with Crippen LogP contribution in [-0.2, 0) is 12.8 Å². The van der Waals surface area contributed by atoms with Crippen molar-refractivity contribution in [2.75, 3.05) is 12.8 Å². The molecule has 6 heteroatoms. The molecule has 0 fully saturated rings. The Labute approximate surface area is 140 Å². The number of ether oxygens (including phenoxy) is 1. The van der Waals surface area contributed by atoms with Gasteiger partial charge in [-0.1, -0.05) is 37.0 Å². The topological polar surface area (TPSA) is 61.0 Å². The molecule has 1 aliphatic carbocycles. The maximum Gasteiger partial charge on any atom is 0.220 e. The van der Waals surface area contributed by atoms with Crippen molar-refractivity contribution in [1.82, 2.24) is 9.97 Å². The predicted octanol–water partition coefficient (Wildman–Crippen LogP) is 4.56. The number of rotatable bonds is 2. The molecular formula is C16H19Cl2N3O. The van der Waals surface area contributed by atoms with Gasteiger partial charge in [0.2, 0.25) is 5.95 Å². The molecule has 0 spiro atoms. The highest BCUT2D eigenvalue weighted by atomic mass is 35.5. The fraction of sp³-hybridized carbons (Fsp3) is 0.375. The van der Waals surface area contributed by atoms with Crippen LogP contribution in [0.2, 0.25) is 10.0 Å². The van der Waals surface area contributed by atoms with Gasteiger partial charge in [-0.2, -0.15) is 0 Å². The standard InChI is InChI=1S/C14H13Cl2N3O.C2H6/c1-20-12-5-8(9(15)6-10(12)16)13-7-3-2-4-11(7)18-14(17)19-13;1-2/h5-6H,2-4H2,1H3,(H2,17,18,19);1-2H3. The SMILES string of the molecule is CC.COc1cc(-c2nc(N)nc3c2CCC3)c(Cl)cc1Cl. The highest BCUT2D eigenvalue weighted by Gasteiger charge is 2.22. The molecule has 1 aromatic heterocycles. The number of nitrogens with zero attached hydrogens (tertiary/aromatic N) is 2. The molecule has 22 heavy (non-hydrogen) atoms. The summed E-state index contributed by atoms with van der Waals surface area (Å²) in [4.78, 5) is 8.66. The van der Waals surface area contributed by atoms with E-state index < -0.39 is 0 Å². The smallest absolute Gasteiger partial charge is 0.220 e. The second-order valence-corrected chi connectivity index (χ2v) is 5.49. The minimum Gasteiger partial charge on any atom is -0.495 e. The summed E-state index contributed by atoms with van der Waals surface area (Å²) in [5.41, 5.74) is 9.48. The Bertz CT molecular complexity index is 690. The van der Waals surface area contributed by atoms with Gasteiger partial charge in [0.1, 0.15) is 5.75 Å². The molecule has 0 radical (unpaired) electrons. The number of hydrogen-bond acceptors (Lipinski definition) is 4. The van der Waals surface area contributed by atoms with Gasteiger partial charge in [0.25, 0.3) is 0 Å². The van der Waals surface area contributed by atoms with Gasteiger partial charge in [0.15, 0.2) is 0 Å². The fourth-order valence-corrected chi connectivity index (χ4v) is 3.09. The third-order valence-corrected chi connectivity index (χ3v) is 4.06. The first-order chi connectivity index (χ1) is 10.6. The lowest BCUT2D eigenvalue weighted by Gasteiger charge is -2.12. The highest BCUT2D eigenvalue weighted by Crippen LogP contribution is 2.39. The van der Waals surface area contributed by atoms with E-state index in [-0.39, 0.29) is 5.95 Å². The first kappa shape index (κ1) is 16.8. The van der Waals surface area contributed by atoms with Crippen LogP contribution >= 0.6 is 23.2 Å². The number of fused-ring (bicyclic) bond motifs is 1. The van der Waals surface area contributed by atoms with Gasteiger partial charge in [-0.3, -0.25) is 0 Å². The van der Waals surface area contributed by atoms with Crippen LogP contribution < -0.4 is 10.5 Å². The molecule has 0 atom stereocenters. The van der Waals surface area contributed by atoms with E-state index in [4.69, 9.17) is 33.7 Å². The van der Waals surface area contributed by atoms with E-state index in [1.54, 1.807) is 19.2 Å². The first-order valence-corrected chi connectivity index (χ1v) is 8.04. The first-order valence-electron chi connectivity index (χ1n) is 7.29. The molecule has 0 unspecified atom stereocenters. The number of halogens is 2. The van der Waals surface area contributed by atoms with Crippen molar-refractivity contribution < 1.29 is 4.74 Å². The van der Waals surface area contributed by atoms with Crippen LogP contribution in [0, 0.1) is 0 Å². The largest absolute Gasteiger partial charge is 0.495 e. The summed E-state index contributed by atoms with van der Waals surface area (Å²) in [6.45, 7) is 4.00. The third-order valence-electron chi connectivity index (χ3n) is 3.45. The number of nitrogens with two attached hydrogens (primary N) is 1. The van der Waals surface area contributed by atoms with Crippen LogP contribution in [0.15, 0.2) is 12.1 Å². The summed E-state index contributed by atoms with van der Waals surface area (Å²) < 4.78 is 5.25. The number of aryl methyl sites for hydroxylation is 1. The van der Waals surface area contributed by atoms with Gasteiger partial charge in [-0.05, 0) is 31.4 Å². The van der Waals surface area contributed by atoms with Crippen molar-refractivity contribution in [3.05, 3.63) is 33.4 Å². The van der Waals surface area contributed by atoms with Gasteiger partial charge < -0.3 is 10.5 Å². The Kier molecular flexibility index (Phi) is 5.48. The summed E-state index contributed by atoms with van der Waals surface area (Å²) in [6, 6.07) is 3.46. The van der Waals surface area contributed by atoms with Crippen molar-refractivity contribution >= 4 is 29.2 Å². The maximum atomic E-state index is 6.31.